The molecular formula is C26H39BrO2SSi2. The lowest BCUT2D eigenvalue weighted by molar-refractivity contribution is 0.0866. The molecule has 1 unspecified atom stereocenters. The van der Waals surface area contributed by atoms with Gasteiger partial charge in [0.25, 0.3) is 0 Å². The molecule has 0 fully saturated rings. The van der Waals surface area contributed by atoms with E-state index in [1.54, 1.807) is 0 Å². The van der Waals surface area contributed by atoms with Crippen molar-refractivity contribution in [3.8, 4) is 23.3 Å². The Balaban J connectivity index is 3.18. The third kappa shape index (κ3) is 11.3. The lowest BCUT2D eigenvalue weighted by Gasteiger charge is -2.39. The molecule has 0 aliphatic carbocycles. The first-order valence-electron chi connectivity index (χ1n) is 11.1. The molecule has 1 aromatic rings. The Labute approximate surface area is 209 Å². The highest BCUT2D eigenvalue weighted by Gasteiger charge is 2.39. The van der Waals surface area contributed by atoms with E-state index in [0.717, 1.165) is 9.85 Å². The van der Waals surface area contributed by atoms with Crippen LogP contribution in [0.25, 0.3) is 0 Å². The van der Waals surface area contributed by atoms with Gasteiger partial charge < -0.3 is 4.43 Å². The van der Waals surface area contributed by atoms with Crippen LogP contribution in [0.2, 0.25) is 32.7 Å². The third-order valence-corrected chi connectivity index (χ3v) is 12.4. The van der Waals surface area contributed by atoms with Gasteiger partial charge in [-0.25, -0.2) is 0 Å². The fraction of sp³-hybridized carbons (Fsp3) is 0.538. The van der Waals surface area contributed by atoms with Gasteiger partial charge in [0.15, 0.2) is 8.32 Å². The quantitative estimate of drug-likeness (QED) is 0.136. The highest BCUT2D eigenvalue weighted by atomic mass is 79.9. The van der Waals surface area contributed by atoms with Crippen LogP contribution < -0.4 is 0 Å². The molecule has 1 aromatic carbocycles. The summed E-state index contributed by atoms with van der Waals surface area (Å²) >= 11 is 3.64. The van der Waals surface area contributed by atoms with Crippen LogP contribution in [0.15, 0.2) is 47.9 Å². The first-order valence-corrected chi connectivity index (χ1v) is 20.1. The minimum Gasteiger partial charge on any atom is -0.400 e. The molecule has 0 aliphatic rings. The Morgan fingerprint density at radius 1 is 1.12 bits per heavy atom. The van der Waals surface area contributed by atoms with E-state index < -0.39 is 32.8 Å². The largest absolute Gasteiger partial charge is 0.400 e. The van der Waals surface area contributed by atoms with Crippen LogP contribution in [0.5, 0.6) is 0 Å². The van der Waals surface area contributed by atoms with Crippen LogP contribution in [0.3, 0.4) is 0 Å². The topological polar surface area (TPSA) is 26.3 Å². The van der Waals surface area contributed by atoms with E-state index in [1.807, 2.05) is 36.4 Å². The minimum absolute atomic E-state index is 0.235. The highest BCUT2D eigenvalue weighted by Crippen LogP contribution is 2.35. The van der Waals surface area contributed by atoms with E-state index in [4.69, 9.17) is 4.43 Å². The smallest absolute Gasteiger partial charge is 0.199 e. The predicted octanol–water partition coefficient (Wildman–Crippen LogP) is 6.96. The number of alkyl halides is 1. The van der Waals surface area contributed by atoms with Crippen LogP contribution in [0.4, 0.5) is 0 Å². The van der Waals surface area contributed by atoms with Gasteiger partial charge in [-0.1, -0.05) is 71.7 Å². The SMILES string of the molecule is C=CC[C@](C#CCCS(=O)c1ccccc1)(CC(C)(C)C#C[Si](C)(C)C)O[Si](C)(C)CBr. The number of hydrogen-bond donors (Lipinski definition) is 0. The van der Waals surface area contributed by atoms with E-state index in [0.29, 0.717) is 25.0 Å². The fourth-order valence-corrected chi connectivity index (χ4v) is 6.59. The molecule has 0 saturated carbocycles. The molecule has 2 nitrogen and oxygen atoms in total. The monoisotopic (exact) mass is 550 g/mol. The molecule has 0 spiro atoms. The van der Waals surface area contributed by atoms with Crippen molar-refractivity contribution >= 4 is 43.1 Å². The second-order valence-corrected chi connectivity index (χ2v) is 22.5. The summed E-state index contributed by atoms with van der Waals surface area (Å²) in [7, 11) is -4.51. The van der Waals surface area contributed by atoms with Crippen LogP contribution in [-0.2, 0) is 15.2 Å². The molecule has 32 heavy (non-hydrogen) atoms. The summed E-state index contributed by atoms with van der Waals surface area (Å²) < 4.78 is 19.3. The Hall–Kier alpha value is -0.896. The standard InChI is InChI=1S/C26H39BrO2SSi2/c1-9-17-26(29-32(7,8)23-27,22-25(2,3)19-21-31(4,5)6)18-13-14-20-30(28)24-15-11-10-12-16-24/h9-12,15-16H,1,14,17,20,22-23H2,2-8H3/t26-,30?/m0/s1. The zero-order valence-electron chi connectivity index (χ0n) is 20.8. The van der Waals surface area contributed by atoms with Crippen LogP contribution in [0.1, 0.15) is 33.1 Å². The lowest BCUT2D eigenvalue weighted by atomic mass is 9.79. The first kappa shape index (κ1) is 29.1. The van der Waals surface area contributed by atoms with E-state index in [1.165, 1.54) is 0 Å². The summed E-state index contributed by atoms with van der Waals surface area (Å²) in [5.74, 6) is 10.8. The molecule has 0 aromatic heterocycles. The molecule has 0 heterocycles. The van der Waals surface area contributed by atoms with E-state index in [2.05, 4.69) is 92.4 Å². The zero-order valence-corrected chi connectivity index (χ0v) is 25.2. The molecule has 6 heteroatoms. The fourth-order valence-electron chi connectivity index (χ4n) is 3.23. The van der Waals surface area contributed by atoms with Crippen molar-refractivity contribution in [2.45, 2.75) is 76.3 Å². The van der Waals surface area contributed by atoms with E-state index in [-0.39, 0.29) is 5.41 Å². The Bertz CT molecular complexity index is 899. The normalized spacial score (nSPS) is 14.9. The summed E-state index contributed by atoms with van der Waals surface area (Å²) in [6.07, 6.45) is 3.81. The molecule has 0 radical (unpaired) electrons. The van der Waals surface area contributed by atoms with Crippen molar-refractivity contribution in [1.82, 2.24) is 0 Å². The van der Waals surface area contributed by atoms with Gasteiger partial charge >= 0.3 is 0 Å². The number of hydrogen-bond acceptors (Lipinski definition) is 2. The van der Waals surface area contributed by atoms with Gasteiger partial charge in [-0.3, -0.25) is 4.21 Å². The summed E-state index contributed by atoms with van der Waals surface area (Å²) in [6, 6.07) is 9.57. The van der Waals surface area contributed by atoms with Crippen LogP contribution in [0, 0.1) is 28.7 Å². The zero-order chi connectivity index (χ0) is 24.5. The number of benzene rings is 1. The average molecular weight is 552 g/mol. The van der Waals surface area contributed by atoms with Gasteiger partial charge in [0.1, 0.15) is 13.7 Å². The van der Waals surface area contributed by atoms with Crippen molar-refractivity contribution in [2.75, 3.05) is 10.7 Å². The van der Waals surface area contributed by atoms with Gasteiger partial charge in [0.2, 0.25) is 0 Å². The van der Waals surface area contributed by atoms with Gasteiger partial charge in [-0.2, -0.15) is 0 Å². The predicted molar refractivity (Wildman–Crippen MR) is 150 cm³/mol. The molecule has 0 saturated heterocycles. The summed E-state index contributed by atoms with van der Waals surface area (Å²) in [4.78, 5) is 1.68. The van der Waals surface area contributed by atoms with Crippen molar-refractivity contribution in [3.63, 3.8) is 0 Å². The lowest BCUT2D eigenvalue weighted by Crippen LogP contribution is -2.47. The van der Waals surface area contributed by atoms with Gasteiger partial charge in [-0.05, 0) is 39.1 Å². The Kier molecular flexibility index (Phi) is 11.4. The Morgan fingerprint density at radius 2 is 1.75 bits per heavy atom. The summed E-state index contributed by atoms with van der Waals surface area (Å²) in [5, 5.41) is 0. The number of halogens is 1. The second kappa shape index (κ2) is 12.5. The van der Waals surface area contributed by atoms with Crippen molar-refractivity contribution in [2.24, 2.45) is 5.41 Å². The molecule has 1 rings (SSSR count). The van der Waals surface area contributed by atoms with Crippen LogP contribution in [-0.4, -0.2) is 36.9 Å². The average Bonchev–Trinajstić information content (AvgIpc) is 2.69. The summed E-state index contributed by atoms with van der Waals surface area (Å²) in [5.41, 5.74) is 2.65. The molecule has 2 atom stereocenters. The van der Waals surface area contributed by atoms with Crippen molar-refractivity contribution in [1.29, 1.82) is 0 Å². The van der Waals surface area contributed by atoms with Gasteiger partial charge in [0, 0.05) is 40.3 Å². The molecule has 0 amide bonds. The first-order chi connectivity index (χ1) is 14.7. The maximum Gasteiger partial charge on any atom is 0.199 e. The van der Waals surface area contributed by atoms with E-state index >= 15 is 0 Å². The maximum absolute atomic E-state index is 12.6. The van der Waals surface area contributed by atoms with Gasteiger partial charge in [0.05, 0.1) is 10.8 Å². The number of rotatable bonds is 10. The molecule has 0 N–H and O–H groups in total. The highest BCUT2D eigenvalue weighted by molar-refractivity contribution is 9.09. The second-order valence-electron chi connectivity index (χ2n) is 10.5. The molecule has 176 valence electrons. The van der Waals surface area contributed by atoms with E-state index in [9.17, 15) is 4.21 Å². The van der Waals surface area contributed by atoms with Crippen molar-refractivity contribution < 1.29 is 8.63 Å². The molecule has 0 bridgehead atoms. The molecular weight excluding hydrogens is 512 g/mol. The summed E-state index contributed by atoms with van der Waals surface area (Å²) in [6.45, 7) is 19.5. The van der Waals surface area contributed by atoms with Crippen LogP contribution >= 0.6 is 15.9 Å². The van der Waals surface area contributed by atoms with Gasteiger partial charge in [-0.15, -0.1) is 18.0 Å². The molecule has 0 aliphatic heterocycles. The Morgan fingerprint density at radius 3 is 2.28 bits per heavy atom. The maximum atomic E-state index is 12.6. The third-order valence-electron chi connectivity index (χ3n) is 4.51. The van der Waals surface area contributed by atoms with Crippen molar-refractivity contribution in [3.05, 3.63) is 43.0 Å². The minimum atomic E-state index is -1.98.